The molecule has 4 nitrogen and oxygen atoms in total. The normalized spacial score (nSPS) is 22.4. The molecule has 190 valence electrons. The minimum Gasteiger partial charge on any atom is -0.374 e. The van der Waals surface area contributed by atoms with Gasteiger partial charge in [0.05, 0.1) is 27.4 Å². The lowest BCUT2D eigenvalue weighted by Gasteiger charge is -2.29. The Morgan fingerprint density at radius 3 is 2.43 bits per heavy atom. The summed E-state index contributed by atoms with van der Waals surface area (Å²) in [4.78, 5) is 17.8. The molecule has 0 spiro atoms. The Morgan fingerprint density at radius 2 is 1.83 bits per heavy atom. The van der Waals surface area contributed by atoms with E-state index in [2.05, 4.69) is 10.5 Å². The maximum absolute atomic E-state index is 14.2. The highest BCUT2D eigenvalue weighted by atomic mass is 35.5. The number of fused-ring (bicyclic) bond motifs is 1. The summed E-state index contributed by atoms with van der Waals surface area (Å²) < 4.78 is 94.0. The molecule has 0 saturated carbocycles. The van der Waals surface area contributed by atoms with Crippen molar-refractivity contribution in [3.63, 3.8) is 0 Å². The number of carbonyl (C=O) groups is 1. The second kappa shape index (κ2) is 9.11. The maximum Gasteiger partial charge on any atom is 0.435 e. The molecule has 1 aromatic carbocycles. The number of halogens is 9. The number of hydrogen-bond donors (Lipinski definition) is 1. The van der Waals surface area contributed by atoms with Crippen LogP contribution in [0.3, 0.4) is 0 Å². The Bertz CT molecular complexity index is 1170. The number of thiophene rings is 1. The number of amides is 1. The number of benzene rings is 1. The predicted molar refractivity (Wildman–Crippen MR) is 115 cm³/mol. The van der Waals surface area contributed by atoms with Gasteiger partial charge in [0.1, 0.15) is 12.1 Å². The molecule has 2 atom stereocenters. The molecule has 0 radical (unpaired) electrons. The molecule has 1 amide bonds. The topological polar surface area (TPSA) is 50.7 Å². The van der Waals surface area contributed by atoms with Gasteiger partial charge in [-0.15, -0.1) is 11.3 Å². The van der Waals surface area contributed by atoms with Crippen molar-refractivity contribution in [2.24, 2.45) is 5.16 Å². The zero-order chi connectivity index (χ0) is 25.8. The highest BCUT2D eigenvalue weighted by Gasteiger charge is 2.62. The molecule has 1 aliphatic heterocycles. The van der Waals surface area contributed by atoms with Crippen molar-refractivity contribution in [2.45, 2.75) is 56.1 Å². The molecule has 1 N–H and O–H groups in total. The van der Waals surface area contributed by atoms with E-state index in [0.29, 0.717) is 29.7 Å². The van der Waals surface area contributed by atoms with Crippen LogP contribution < -0.4 is 5.32 Å². The van der Waals surface area contributed by atoms with Crippen LogP contribution in [0.5, 0.6) is 0 Å². The number of oxime groups is 1. The van der Waals surface area contributed by atoms with Crippen LogP contribution in [-0.2, 0) is 21.7 Å². The molecular weight excluding hydrogens is 548 g/mol. The summed E-state index contributed by atoms with van der Waals surface area (Å²) >= 11 is 12.5. The van der Waals surface area contributed by atoms with E-state index in [1.165, 1.54) is 6.07 Å². The third-order valence-electron chi connectivity index (χ3n) is 5.73. The van der Waals surface area contributed by atoms with E-state index in [-0.39, 0.29) is 5.71 Å². The van der Waals surface area contributed by atoms with Gasteiger partial charge in [0.15, 0.2) is 5.82 Å². The number of aryl methyl sites for hydroxylation is 1. The molecule has 1 aliphatic carbocycles. The maximum atomic E-state index is 14.2. The van der Waals surface area contributed by atoms with E-state index >= 15 is 0 Å². The Labute approximate surface area is 208 Å². The van der Waals surface area contributed by atoms with E-state index in [4.69, 9.17) is 28.0 Å². The van der Waals surface area contributed by atoms with E-state index in [1.54, 1.807) is 0 Å². The molecule has 14 heteroatoms. The van der Waals surface area contributed by atoms with Crippen molar-refractivity contribution >= 4 is 46.2 Å². The van der Waals surface area contributed by atoms with E-state index in [0.717, 1.165) is 28.3 Å². The van der Waals surface area contributed by atoms with E-state index in [9.17, 15) is 35.5 Å². The first-order chi connectivity index (χ1) is 16.2. The molecule has 2 unspecified atom stereocenters. The van der Waals surface area contributed by atoms with Crippen molar-refractivity contribution in [1.82, 2.24) is 5.32 Å². The molecule has 1 aromatic heterocycles. The fraction of sp³-hybridized carbons (Fsp3) is 0.429. The van der Waals surface area contributed by atoms with E-state index < -0.39 is 64.2 Å². The fourth-order valence-corrected chi connectivity index (χ4v) is 5.83. The Morgan fingerprint density at radius 1 is 1.17 bits per heavy atom. The van der Waals surface area contributed by atoms with Crippen LogP contribution in [0.1, 0.15) is 52.6 Å². The Hall–Kier alpha value is -2.05. The molecule has 4 rings (SSSR count). The molecular formula is C21H15Cl2F7N2O2S. The summed E-state index contributed by atoms with van der Waals surface area (Å²) in [5.41, 5.74) is -3.02. The third-order valence-corrected chi connectivity index (χ3v) is 7.54. The van der Waals surface area contributed by atoms with Crippen molar-refractivity contribution in [1.29, 1.82) is 0 Å². The summed E-state index contributed by atoms with van der Waals surface area (Å²) in [5, 5.41) is 4.78. The SMILES string of the molecule is O=C(CC(F)(F)F)NC1CCCc2sc(C3=NOC(c4cc(Cl)c(F)c(Cl)c4)(C(F)(F)F)C3)cc21. The lowest BCUT2D eigenvalue weighted by atomic mass is 9.87. The molecule has 2 heterocycles. The van der Waals surface area contributed by atoms with Crippen LogP contribution in [0, 0.1) is 5.82 Å². The quantitative estimate of drug-likeness (QED) is 0.316. The van der Waals surface area contributed by atoms with Crippen LogP contribution in [0.25, 0.3) is 0 Å². The van der Waals surface area contributed by atoms with Gasteiger partial charge in [0, 0.05) is 10.4 Å². The van der Waals surface area contributed by atoms with Crippen molar-refractivity contribution in [3.05, 3.63) is 54.9 Å². The summed E-state index contributed by atoms with van der Waals surface area (Å²) in [6.45, 7) is 0. The first kappa shape index (κ1) is 26.0. The van der Waals surface area contributed by atoms with Crippen LogP contribution in [0.4, 0.5) is 30.7 Å². The van der Waals surface area contributed by atoms with Gasteiger partial charge in [0.2, 0.25) is 5.91 Å². The Balaban J connectivity index is 1.62. The van der Waals surface area contributed by atoms with Crippen LogP contribution in [0.15, 0.2) is 23.4 Å². The van der Waals surface area contributed by atoms with Crippen molar-refractivity contribution in [3.8, 4) is 0 Å². The summed E-state index contributed by atoms with van der Waals surface area (Å²) in [7, 11) is 0. The predicted octanol–water partition coefficient (Wildman–Crippen LogP) is 7.22. The van der Waals surface area contributed by atoms with Crippen LogP contribution >= 0.6 is 34.5 Å². The molecule has 0 saturated heterocycles. The lowest BCUT2D eigenvalue weighted by Crippen LogP contribution is -2.42. The minimum atomic E-state index is -4.98. The van der Waals surface area contributed by atoms with Gasteiger partial charge < -0.3 is 10.2 Å². The summed E-state index contributed by atoms with van der Waals surface area (Å²) in [6, 6.07) is 2.36. The van der Waals surface area contributed by atoms with Crippen molar-refractivity contribution in [2.75, 3.05) is 0 Å². The second-order valence-electron chi connectivity index (χ2n) is 8.18. The number of carbonyl (C=O) groups excluding carboxylic acids is 1. The number of nitrogens with one attached hydrogen (secondary N) is 1. The number of alkyl halides is 6. The average Bonchev–Trinajstić information content (AvgIpc) is 3.35. The van der Waals surface area contributed by atoms with E-state index in [1.807, 2.05) is 0 Å². The zero-order valence-corrected chi connectivity index (χ0v) is 19.7. The molecule has 2 aliphatic rings. The number of rotatable bonds is 4. The van der Waals surface area contributed by atoms with Gasteiger partial charge in [0.25, 0.3) is 5.60 Å². The molecule has 35 heavy (non-hydrogen) atoms. The first-order valence-electron chi connectivity index (χ1n) is 10.2. The van der Waals surface area contributed by atoms with Gasteiger partial charge in [-0.25, -0.2) is 4.39 Å². The van der Waals surface area contributed by atoms with Gasteiger partial charge >= 0.3 is 12.4 Å². The smallest absolute Gasteiger partial charge is 0.374 e. The molecule has 0 bridgehead atoms. The lowest BCUT2D eigenvalue weighted by molar-refractivity contribution is -0.275. The molecule has 2 aromatic rings. The monoisotopic (exact) mass is 562 g/mol. The summed E-state index contributed by atoms with van der Waals surface area (Å²) in [5.74, 6) is -2.26. The van der Waals surface area contributed by atoms with Crippen LogP contribution in [-0.4, -0.2) is 24.0 Å². The third kappa shape index (κ3) is 5.10. The summed E-state index contributed by atoms with van der Waals surface area (Å²) in [6.07, 6.45) is -10.5. The Kier molecular flexibility index (Phi) is 6.78. The number of nitrogens with zero attached hydrogens (tertiary/aromatic N) is 1. The minimum absolute atomic E-state index is 0.0568. The van der Waals surface area contributed by atoms with Gasteiger partial charge in [-0.1, -0.05) is 28.4 Å². The standard InChI is InChI=1S/C21H15Cl2F7N2O2S/c22-11-4-9(5-12(23)18(11)24)19(21(28,29)30)7-14(32-34-19)16-6-10-13(2-1-3-15(10)35-16)31-17(33)8-20(25,26)27/h4-6,13H,1-3,7-8H2,(H,31,33). The van der Waals surface area contributed by atoms with Gasteiger partial charge in [-0.2, -0.15) is 26.3 Å². The number of hydrogen-bond acceptors (Lipinski definition) is 4. The highest BCUT2D eigenvalue weighted by molar-refractivity contribution is 7.14. The largest absolute Gasteiger partial charge is 0.435 e. The van der Waals surface area contributed by atoms with Crippen LogP contribution in [0.2, 0.25) is 10.0 Å². The van der Waals surface area contributed by atoms with Crippen molar-refractivity contribution < 1.29 is 40.4 Å². The highest BCUT2D eigenvalue weighted by Crippen LogP contribution is 2.51. The van der Waals surface area contributed by atoms with Gasteiger partial charge in [-0.3, -0.25) is 4.79 Å². The fourth-order valence-electron chi connectivity index (χ4n) is 4.10. The zero-order valence-electron chi connectivity index (χ0n) is 17.4. The molecule has 0 fully saturated rings. The second-order valence-corrected chi connectivity index (χ2v) is 10.1. The van der Waals surface area contributed by atoms with Gasteiger partial charge in [-0.05, 0) is 43.0 Å². The average molecular weight is 563 g/mol. The first-order valence-corrected chi connectivity index (χ1v) is 11.7.